The largest absolute Gasteiger partial charge is 0.356 e. The Labute approximate surface area is 167 Å². The van der Waals surface area contributed by atoms with Crippen molar-refractivity contribution in [2.45, 2.75) is 84.2 Å². The van der Waals surface area contributed by atoms with Gasteiger partial charge >= 0.3 is 0 Å². The summed E-state index contributed by atoms with van der Waals surface area (Å²) in [5.41, 5.74) is 0. The number of rotatable bonds is 5. The van der Waals surface area contributed by atoms with Gasteiger partial charge in [0, 0.05) is 31.1 Å². The first-order valence-corrected chi connectivity index (χ1v) is 11.5. The van der Waals surface area contributed by atoms with Crippen LogP contribution < -0.4 is 10.6 Å². The zero-order chi connectivity index (χ0) is 19.2. The van der Waals surface area contributed by atoms with Crippen molar-refractivity contribution in [3.05, 3.63) is 0 Å². The fourth-order valence-electron chi connectivity index (χ4n) is 4.35. The van der Waals surface area contributed by atoms with Crippen LogP contribution in [0.1, 0.15) is 72.1 Å². The molecule has 1 amide bonds. The van der Waals surface area contributed by atoms with Crippen LogP contribution in [0.3, 0.4) is 0 Å². The van der Waals surface area contributed by atoms with Crippen molar-refractivity contribution in [3.8, 4) is 0 Å². The van der Waals surface area contributed by atoms with Crippen LogP contribution in [0.15, 0.2) is 0 Å². The third kappa shape index (κ3) is 6.14. The van der Waals surface area contributed by atoms with Crippen LogP contribution in [-0.4, -0.2) is 46.2 Å². The second-order valence-corrected chi connectivity index (χ2v) is 9.67. The summed E-state index contributed by atoms with van der Waals surface area (Å²) in [6, 6.07) is 1.15. The number of aromatic nitrogens is 2. The van der Waals surface area contributed by atoms with Gasteiger partial charge in [-0.3, -0.25) is 9.69 Å². The number of carbonyl (C=O) groups is 1. The van der Waals surface area contributed by atoms with Crippen LogP contribution in [0.2, 0.25) is 0 Å². The molecule has 2 atom stereocenters. The van der Waals surface area contributed by atoms with Gasteiger partial charge in [0.05, 0.1) is 0 Å². The average Bonchev–Trinajstić information content (AvgIpc) is 3.00. The molecule has 152 valence electrons. The van der Waals surface area contributed by atoms with Gasteiger partial charge in [-0.1, -0.05) is 64.2 Å². The third-order valence-electron chi connectivity index (χ3n) is 5.79. The molecular formula is C20H35N5OS. The molecule has 1 aliphatic heterocycles. The molecule has 0 bridgehead atoms. The van der Waals surface area contributed by atoms with Crippen LogP contribution in [0, 0.1) is 11.8 Å². The van der Waals surface area contributed by atoms with Gasteiger partial charge in [-0.15, -0.1) is 10.2 Å². The Morgan fingerprint density at radius 2 is 1.74 bits per heavy atom. The number of piperidine rings is 1. The molecule has 2 heterocycles. The van der Waals surface area contributed by atoms with Gasteiger partial charge in [-0.25, -0.2) is 0 Å². The first kappa shape index (κ1) is 20.5. The van der Waals surface area contributed by atoms with Crippen molar-refractivity contribution in [2.75, 3.05) is 23.7 Å². The van der Waals surface area contributed by atoms with Crippen LogP contribution in [0.25, 0.3) is 0 Å². The molecule has 7 heteroatoms. The Morgan fingerprint density at radius 1 is 1.07 bits per heavy atom. The lowest BCUT2D eigenvalue weighted by Crippen LogP contribution is -2.50. The standard InChI is InChI=1S/C20H35N5OS/c1-14(2)18(26)22-20-24-23-19(27-20)21-16-11-15(3)12-25(13-16)17-9-7-5-4-6-8-10-17/h14-17H,4-13H2,1-3H3,(H,21,23)(H,22,24,26). The quantitative estimate of drug-likeness (QED) is 0.777. The van der Waals surface area contributed by atoms with E-state index in [1.165, 1.54) is 62.8 Å². The second-order valence-electron chi connectivity index (χ2n) is 8.69. The first-order chi connectivity index (χ1) is 13.0. The molecule has 2 fully saturated rings. The van der Waals surface area contributed by atoms with Crippen molar-refractivity contribution >= 4 is 27.5 Å². The lowest BCUT2D eigenvalue weighted by Gasteiger charge is -2.42. The number of nitrogens with zero attached hydrogens (tertiary/aromatic N) is 3. The van der Waals surface area contributed by atoms with E-state index in [4.69, 9.17) is 0 Å². The fourth-order valence-corrected chi connectivity index (χ4v) is 5.08. The third-order valence-corrected chi connectivity index (χ3v) is 6.56. The SMILES string of the molecule is CC1CC(Nc2nnc(NC(=O)C(C)C)s2)CN(C2CCCCCCC2)C1. The molecule has 1 saturated heterocycles. The minimum Gasteiger partial charge on any atom is -0.356 e. The smallest absolute Gasteiger partial charge is 0.228 e. The molecule has 0 aromatic carbocycles. The molecule has 2 N–H and O–H groups in total. The van der Waals surface area contributed by atoms with Gasteiger partial charge in [-0.2, -0.15) is 0 Å². The van der Waals surface area contributed by atoms with Gasteiger partial charge in [-0.05, 0) is 25.2 Å². The highest BCUT2D eigenvalue weighted by molar-refractivity contribution is 7.19. The minimum atomic E-state index is -0.0539. The predicted molar refractivity (Wildman–Crippen MR) is 112 cm³/mol. The van der Waals surface area contributed by atoms with E-state index < -0.39 is 0 Å². The first-order valence-electron chi connectivity index (χ1n) is 10.7. The number of carbonyl (C=O) groups excluding carboxylic acids is 1. The maximum atomic E-state index is 11.8. The molecule has 27 heavy (non-hydrogen) atoms. The van der Waals surface area contributed by atoms with E-state index in [2.05, 4.69) is 32.7 Å². The number of amides is 1. The Kier molecular flexibility index (Phi) is 7.47. The van der Waals surface area contributed by atoms with Crippen LogP contribution >= 0.6 is 11.3 Å². The highest BCUT2D eigenvalue weighted by Gasteiger charge is 2.30. The van der Waals surface area contributed by atoms with E-state index >= 15 is 0 Å². The summed E-state index contributed by atoms with van der Waals surface area (Å²) < 4.78 is 0. The monoisotopic (exact) mass is 393 g/mol. The fraction of sp³-hybridized carbons (Fsp3) is 0.850. The van der Waals surface area contributed by atoms with Crippen molar-refractivity contribution < 1.29 is 4.79 Å². The van der Waals surface area contributed by atoms with Gasteiger partial charge < -0.3 is 10.6 Å². The number of anilines is 2. The summed E-state index contributed by atoms with van der Waals surface area (Å²) >= 11 is 1.43. The van der Waals surface area contributed by atoms with Crippen LogP contribution in [0.5, 0.6) is 0 Å². The van der Waals surface area contributed by atoms with Gasteiger partial charge in [0.2, 0.25) is 16.2 Å². The minimum absolute atomic E-state index is 0.0144. The molecule has 0 radical (unpaired) electrons. The summed E-state index contributed by atoms with van der Waals surface area (Å²) in [6.45, 7) is 8.42. The molecule has 1 saturated carbocycles. The summed E-state index contributed by atoms with van der Waals surface area (Å²) in [5.74, 6) is 0.621. The van der Waals surface area contributed by atoms with Crippen LogP contribution in [-0.2, 0) is 4.79 Å². The maximum absolute atomic E-state index is 11.8. The topological polar surface area (TPSA) is 70.1 Å². The Bertz CT molecular complexity index is 597. The van der Waals surface area contributed by atoms with Crippen molar-refractivity contribution in [1.29, 1.82) is 0 Å². The number of hydrogen-bond acceptors (Lipinski definition) is 6. The average molecular weight is 394 g/mol. The van der Waals surface area contributed by atoms with Crippen LogP contribution in [0.4, 0.5) is 10.3 Å². The van der Waals surface area contributed by atoms with Crippen molar-refractivity contribution in [1.82, 2.24) is 15.1 Å². The zero-order valence-corrected chi connectivity index (χ0v) is 17.9. The Morgan fingerprint density at radius 3 is 2.44 bits per heavy atom. The van der Waals surface area contributed by atoms with E-state index in [0.29, 0.717) is 17.1 Å². The van der Waals surface area contributed by atoms with E-state index in [9.17, 15) is 4.79 Å². The number of likely N-dealkylation sites (tertiary alicyclic amines) is 1. The lowest BCUT2D eigenvalue weighted by atomic mass is 9.90. The Balaban J connectivity index is 1.56. The molecule has 1 aromatic rings. The molecule has 1 aliphatic carbocycles. The number of nitrogens with one attached hydrogen (secondary N) is 2. The lowest BCUT2D eigenvalue weighted by molar-refractivity contribution is -0.118. The second kappa shape index (κ2) is 9.82. The van der Waals surface area contributed by atoms with Crippen molar-refractivity contribution in [3.63, 3.8) is 0 Å². The normalized spacial score (nSPS) is 25.8. The van der Waals surface area contributed by atoms with E-state index in [1.807, 2.05) is 13.8 Å². The Hall–Kier alpha value is -1.21. The highest BCUT2D eigenvalue weighted by Crippen LogP contribution is 2.29. The van der Waals surface area contributed by atoms with E-state index in [0.717, 1.165) is 24.1 Å². The summed E-state index contributed by atoms with van der Waals surface area (Å²) in [5, 5.41) is 16.2. The molecule has 2 aliphatic rings. The predicted octanol–water partition coefficient (Wildman–Crippen LogP) is 4.37. The molecule has 3 rings (SSSR count). The summed E-state index contributed by atoms with van der Waals surface area (Å²) in [6.07, 6.45) is 10.8. The zero-order valence-electron chi connectivity index (χ0n) is 17.0. The molecule has 0 spiro atoms. The maximum Gasteiger partial charge on any atom is 0.228 e. The highest BCUT2D eigenvalue weighted by atomic mass is 32.1. The van der Waals surface area contributed by atoms with Gasteiger partial charge in [0.15, 0.2) is 0 Å². The van der Waals surface area contributed by atoms with Gasteiger partial charge in [0.25, 0.3) is 0 Å². The van der Waals surface area contributed by atoms with E-state index in [-0.39, 0.29) is 11.8 Å². The van der Waals surface area contributed by atoms with Gasteiger partial charge in [0.1, 0.15) is 0 Å². The van der Waals surface area contributed by atoms with Crippen molar-refractivity contribution in [2.24, 2.45) is 11.8 Å². The number of hydrogen-bond donors (Lipinski definition) is 2. The summed E-state index contributed by atoms with van der Waals surface area (Å²) in [4.78, 5) is 14.5. The van der Waals surface area contributed by atoms with E-state index in [1.54, 1.807) is 0 Å². The molecular weight excluding hydrogens is 358 g/mol. The molecule has 6 nitrogen and oxygen atoms in total. The molecule has 1 aromatic heterocycles. The summed E-state index contributed by atoms with van der Waals surface area (Å²) in [7, 11) is 0. The molecule has 2 unspecified atom stereocenters.